The Balaban J connectivity index is 2.00. The quantitative estimate of drug-likeness (QED) is 0.668. The Hall–Kier alpha value is -2.22. The molecule has 0 amide bonds. The third kappa shape index (κ3) is 2.54. The van der Waals surface area contributed by atoms with Crippen molar-refractivity contribution >= 4 is 12.4 Å². The molecule has 0 saturated carbocycles. The van der Waals surface area contributed by atoms with Crippen molar-refractivity contribution in [1.29, 1.82) is 0 Å². The fourth-order valence-corrected chi connectivity index (χ4v) is 2.01. The molecule has 2 heteroatoms. The van der Waals surface area contributed by atoms with Crippen molar-refractivity contribution in [2.75, 3.05) is 0 Å². The summed E-state index contributed by atoms with van der Waals surface area (Å²) in [6.07, 6.45) is 3.84. The van der Waals surface area contributed by atoms with Gasteiger partial charge in [0.05, 0.1) is 13.1 Å². The maximum atomic E-state index is 4.47. The van der Waals surface area contributed by atoms with Crippen molar-refractivity contribution in [1.82, 2.24) is 0 Å². The van der Waals surface area contributed by atoms with Crippen molar-refractivity contribution in [3.05, 3.63) is 70.8 Å². The summed E-state index contributed by atoms with van der Waals surface area (Å²) in [5.74, 6) is 0. The highest BCUT2D eigenvalue weighted by molar-refractivity contribution is 5.84. The molecule has 4 rings (SSSR count). The molecule has 2 aliphatic heterocycles. The second-order valence-corrected chi connectivity index (χ2v) is 4.43. The normalized spacial score (nSPS) is 13.8. The Bertz CT molecular complexity index is 544. The molecule has 0 spiro atoms. The number of nitrogens with zero attached hydrogens (tertiary/aromatic N) is 2. The van der Waals surface area contributed by atoms with E-state index in [0.717, 1.165) is 24.2 Å². The van der Waals surface area contributed by atoms with Gasteiger partial charge < -0.3 is 0 Å². The van der Waals surface area contributed by atoms with Crippen LogP contribution in [0.15, 0.2) is 58.5 Å². The number of aliphatic imine (C=N–C) groups is 2. The molecule has 0 N–H and O–H groups in total. The van der Waals surface area contributed by atoms with E-state index in [4.69, 9.17) is 0 Å². The first-order chi connectivity index (χ1) is 8.90. The molecule has 0 unspecified atom stereocenters. The van der Waals surface area contributed by atoms with E-state index in [1.807, 2.05) is 12.4 Å². The second kappa shape index (κ2) is 4.96. The van der Waals surface area contributed by atoms with E-state index < -0.39 is 0 Å². The number of fused-ring (bicyclic) bond motifs is 4. The number of rotatable bonds is 0. The molecule has 18 heavy (non-hydrogen) atoms. The van der Waals surface area contributed by atoms with E-state index in [1.165, 1.54) is 11.1 Å². The summed E-state index contributed by atoms with van der Waals surface area (Å²) in [4.78, 5) is 8.94. The maximum absolute atomic E-state index is 4.47. The van der Waals surface area contributed by atoms with Crippen molar-refractivity contribution in [3.8, 4) is 0 Å². The van der Waals surface area contributed by atoms with Crippen LogP contribution in [0.25, 0.3) is 0 Å². The summed E-state index contributed by atoms with van der Waals surface area (Å²) in [5, 5.41) is 0. The van der Waals surface area contributed by atoms with Crippen molar-refractivity contribution in [3.63, 3.8) is 0 Å². The summed E-state index contributed by atoms with van der Waals surface area (Å²) in [6.45, 7) is 1.44. The zero-order chi connectivity index (χ0) is 12.2. The fourth-order valence-electron chi connectivity index (χ4n) is 2.01. The van der Waals surface area contributed by atoms with Gasteiger partial charge in [-0.3, -0.25) is 9.98 Å². The highest BCUT2D eigenvalue weighted by Crippen LogP contribution is 2.09. The molecule has 2 nitrogen and oxygen atoms in total. The third-order valence-corrected chi connectivity index (χ3v) is 2.96. The monoisotopic (exact) mass is 234 g/mol. The van der Waals surface area contributed by atoms with Crippen LogP contribution in [0.3, 0.4) is 0 Å². The van der Waals surface area contributed by atoms with Crippen LogP contribution in [0.5, 0.6) is 0 Å². The van der Waals surface area contributed by atoms with Crippen LogP contribution in [0.4, 0.5) is 0 Å². The largest absolute Gasteiger partial charge is 0.288 e. The molecule has 2 aliphatic rings. The first-order valence-electron chi connectivity index (χ1n) is 6.08. The standard InChI is InChI=1S/C16H14N2/c1-2-15-8-16(3-1)12-18-10-14-6-4-13(5-7-14)9-17-11-15/h1-10H,11-12H2. The minimum atomic E-state index is 0.722. The zero-order valence-electron chi connectivity index (χ0n) is 10.1. The zero-order valence-corrected chi connectivity index (χ0v) is 10.1. The Morgan fingerprint density at radius 2 is 1.17 bits per heavy atom. The molecular weight excluding hydrogens is 220 g/mol. The molecule has 2 heterocycles. The highest BCUT2D eigenvalue weighted by Gasteiger charge is 1.96. The molecule has 88 valence electrons. The van der Waals surface area contributed by atoms with Crippen LogP contribution in [0.1, 0.15) is 22.3 Å². The molecule has 2 aromatic carbocycles. The third-order valence-electron chi connectivity index (χ3n) is 2.96. The van der Waals surface area contributed by atoms with E-state index in [0.29, 0.717) is 0 Å². The van der Waals surface area contributed by atoms with Gasteiger partial charge in [-0.05, 0) is 22.3 Å². The summed E-state index contributed by atoms with van der Waals surface area (Å²) in [5.41, 5.74) is 4.72. The lowest BCUT2D eigenvalue weighted by Gasteiger charge is -2.00. The fraction of sp³-hybridized carbons (Fsp3) is 0.125. The highest BCUT2D eigenvalue weighted by atomic mass is 14.7. The van der Waals surface area contributed by atoms with Gasteiger partial charge in [0.15, 0.2) is 0 Å². The molecule has 0 atom stereocenters. The molecule has 0 aromatic heterocycles. The number of hydrogen-bond donors (Lipinski definition) is 0. The Labute approximate surface area is 107 Å². The second-order valence-electron chi connectivity index (χ2n) is 4.43. The van der Waals surface area contributed by atoms with Gasteiger partial charge in [-0.2, -0.15) is 0 Å². The molecule has 4 bridgehead atoms. The van der Waals surface area contributed by atoms with Crippen LogP contribution in [-0.4, -0.2) is 12.4 Å². The topological polar surface area (TPSA) is 24.7 Å². The SMILES string of the molecule is C1=NCc2cccc(c2)CN=Cc2ccc1cc2. The first kappa shape index (κ1) is 10.9. The Morgan fingerprint density at radius 1 is 0.667 bits per heavy atom. The van der Waals surface area contributed by atoms with Crippen LogP contribution in [-0.2, 0) is 13.1 Å². The molecule has 0 aliphatic carbocycles. The predicted octanol–water partition coefficient (Wildman–Crippen LogP) is 3.24. The number of hydrogen-bond acceptors (Lipinski definition) is 2. The van der Waals surface area contributed by atoms with Crippen molar-refractivity contribution in [2.45, 2.75) is 13.1 Å². The van der Waals surface area contributed by atoms with Crippen molar-refractivity contribution in [2.24, 2.45) is 9.98 Å². The van der Waals surface area contributed by atoms with E-state index in [9.17, 15) is 0 Å². The lowest BCUT2D eigenvalue weighted by atomic mass is 10.1. The summed E-state index contributed by atoms with van der Waals surface area (Å²) >= 11 is 0. The van der Waals surface area contributed by atoms with E-state index in [2.05, 4.69) is 58.5 Å². The molecular formula is C16H14N2. The van der Waals surface area contributed by atoms with E-state index in [-0.39, 0.29) is 0 Å². The van der Waals surface area contributed by atoms with Gasteiger partial charge in [0.25, 0.3) is 0 Å². The summed E-state index contributed by atoms with van der Waals surface area (Å²) in [6, 6.07) is 16.7. The minimum Gasteiger partial charge on any atom is -0.288 e. The first-order valence-corrected chi connectivity index (χ1v) is 6.08. The molecule has 0 fully saturated rings. The Kier molecular flexibility index (Phi) is 3.01. The lowest BCUT2D eigenvalue weighted by Crippen LogP contribution is -1.87. The smallest absolute Gasteiger partial charge is 0.0640 e. The summed E-state index contributed by atoms with van der Waals surface area (Å²) < 4.78 is 0. The molecule has 0 saturated heterocycles. The van der Waals surface area contributed by atoms with E-state index >= 15 is 0 Å². The average Bonchev–Trinajstić information content (AvgIpc) is 2.42. The molecule has 2 aromatic rings. The van der Waals surface area contributed by atoms with Gasteiger partial charge in [-0.1, -0.05) is 48.5 Å². The predicted molar refractivity (Wildman–Crippen MR) is 75.5 cm³/mol. The van der Waals surface area contributed by atoms with Gasteiger partial charge in [-0.25, -0.2) is 0 Å². The lowest BCUT2D eigenvalue weighted by molar-refractivity contribution is 1.03. The summed E-state index contributed by atoms with van der Waals surface area (Å²) in [7, 11) is 0. The van der Waals surface area contributed by atoms with Crippen LogP contribution >= 0.6 is 0 Å². The van der Waals surface area contributed by atoms with E-state index in [1.54, 1.807) is 0 Å². The van der Waals surface area contributed by atoms with Crippen LogP contribution in [0, 0.1) is 0 Å². The van der Waals surface area contributed by atoms with Crippen LogP contribution in [0.2, 0.25) is 0 Å². The van der Waals surface area contributed by atoms with Gasteiger partial charge in [-0.15, -0.1) is 0 Å². The average molecular weight is 234 g/mol. The van der Waals surface area contributed by atoms with Gasteiger partial charge >= 0.3 is 0 Å². The van der Waals surface area contributed by atoms with Crippen LogP contribution < -0.4 is 0 Å². The minimum absolute atomic E-state index is 0.722. The maximum Gasteiger partial charge on any atom is 0.0640 e. The van der Waals surface area contributed by atoms with Gasteiger partial charge in [0, 0.05) is 12.4 Å². The van der Waals surface area contributed by atoms with Gasteiger partial charge in [0.2, 0.25) is 0 Å². The van der Waals surface area contributed by atoms with Gasteiger partial charge in [0.1, 0.15) is 0 Å². The number of benzene rings is 2. The Morgan fingerprint density at radius 3 is 1.67 bits per heavy atom. The molecule has 0 radical (unpaired) electrons. The van der Waals surface area contributed by atoms with Crippen molar-refractivity contribution < 1.29 is 0 Å².